The Hall–Kier alpha value is -4.05. The number of hydrogen-bond acceptors (Lipinski definition) is 9. The summed E-state index contributed by atoms with van der Waals surface area (Å²) in [5.41, 5.74) is 7.47. The van der Waals surface area contributed by atoms with Crippen LogP contribution < -0.4 is 20.5 Å². The summed E-state index contributed by atoms with van der Waals surface area (Å²) in [5, 5.41) is 0. The van der Waals surface area contributed by atoms with Crippen LogP contribution in [0.15, 0.2) is 59.4 Å². The molecule has 34 heavy (non-hydrogen) atoms. The molecule has 3 aromatic rings. The molecule has 0 bridgehead atoms. The van der Waals surface area contributed by atoms with Crippen LogP contribution in [0.2, 0.25) is 0 Å². The van der Waals surface area contributed by atoms with Crippen molar-refractivity contribution < 1.29 is 19.1 Å². The SMILES string of the molecule is CCOC(=O)C1=C(N)n2c(s/c(=C/c3ccncc3)c2=O)=C(C(=O)OCC)[C@H]1c1ccncc1. The molecule has 9 nitrogen and oxygen atoms in total. The highest BCUT2D eigenvalue weighted by Gasteiger charge is 2.39. The normalized spacial score (nSPS) is 15.8. The van der Waals surface area contributed by atoms with Gasteiger partial charge in [0.25, 0.3) is 5.56 Å². The summed E-state index contributed by atoms with van der Waals surface area (Å²) in [5.74, 6) is -2.34. The Labute approximate surface area is 198 Å². The number of aromatic nitrogens is 3. The summed E-state index contributed by atoms with van der Waals surface area (Å²) in [6, 6.07) is 6.87. The summed E-state index contributed by atoms with van der Waals surface area (Å²) < 4.78 is 12.4. The molecule has 3 aromatic heterocycles. The summed E-state index contributed by atoms with van der Waals surface area (Å²) in [6.45, 7) is 3.56. The predicted molar refractivity (Wildman–Crippen MR) is 127 cm³/mol. The molecule has 1 atom stereocenters. The van der Waals surface area contributed by atoms with Crippen LogP contribution in [0.1, 0.15) is 30.9 Å². The fourth-order valence-corrected chi connectivity index (χ4v) is 4.93. The lowest BCUT2D eigenvalue weighted by Crippen LogP contribution is -2.42. The van der Waals surface area contributed by atoms with Crippen molar-refractivity contribution in [1.29, 1.82) is 0 Å². The van der Waals surface area contributed by atoms with Crippen LogP contribution in [0.25, 0.3) is 17.5 Å². The van der Waals surface area contributed by atoms with E-state index in [1.807, 2.05) is 0 Å². The number of nitrogens with two attached hydrogens (primary N) is 1. The maximum Gasteiger partial charge on any atom is 0.338 e. The van der Waals surface area contributed by atoms with Crippen LogP contribution in [-0.4, -0.2) is 39.7 Å². The summed E-state index contributed by atoms with van der Waals surface area (Å²) in [7, 11) is 0. The van der Waals surface area contributed by atoms with Gasteiger partial charge < -0.3 is 15.2 Å². The summed E-state index contributed by atoms with van der Waals surface area (Å²) in [6.07, 6.45) is 8.01. The fourth-order valence-electron chi connectivity index (χ4n) is 3.76. The summed E-state index contributed by atoms with van der Waals surface area (Å²) >= 11 is 1.10. The van der Waals surface area contributed by atoms with Crippen LogP contribution in [-0.2, 0) is 19.1 Å². The molecule has 0 amide bonds. The minimum absolute atomic E-state index is 0.000959. The zero-order valence-electron chi connectivity index (χ0n) is 18.6. The predicted octanol–water partition coefficient (Wildman–Crippen LogP) is 0.730. The number of thiazole rings is 1. The smallest absolute Gasteiger partial charge is 0.338 e. The zero-order valence-corrected chi connectivity index (χ0v) is 19.4. The van der Waals surface area contributed by atoms with Gasteiger partial charge in [0.15, 0.2) is 0 Å². The van der Waals surface area contributed by atoms with E-state index in [-0.39, 0.29) is 30.2 Å². The van der Waals surface area contributed by atoms with Gasteiger partial charge in [-0.1, -0.05) is 0 Å². The largest absolute Gasteiger partial charge is 0.463 e. The number of fused-ring (bicyclic) bond motifs is 1. The van der Waals surface area contributed by atoms with Gasteiger partial charge in [0.1, 0.15) is 10.5 Å². The Bertz CT molecular complexity index is 1440. The van der Waals surface area contributed by atoms with Crippen molar-refractivity contribution in [1.82, 2.24) is 14.5 Å². The van der Waals surface area contributed by atoms with E-state index >= 15 is 0 Å². The maximum absolute atomic E-state index is 13.4. The number of pyridine rings is 2. The quantitative estimate of drug-likeness (QED) is 0.514. The molecule has 4 rings (SSSR count). The van der Waals surface area contributed by atoms with E-state index < -0.39 is 23.4 Å². The number of hydrogen-bond donors (Lipinski definition) is 1. The number of nitrogens with zero attached hydrogens (tertiary/aromatic N) is 3. The topological polar surface area (TPSA) is 126 Å². The third kappa shape index (κ3) is 4.15. The van der Waals surface area contributed by atoms with Gasteiger partial charge in [-0.2, -0.15) is 0 Å². The molecule has 10 heteroatoms. The van der Waals surface area contributed by atoms with Crippen molar-refractivity contribution in [2.75, 3.05) is 13.2 Å². The van der Waals surface area contributed by atoms with E-state index in [1.165, 1.54) is 4.57 Å². The van der Waals surface area contributed by atoms with E-state index in [1.54, 1.807) is 69.0 Å². The molecule has 0 saturated heterocycles. The Kier molecular flexibility index (Phi) is 6.69. The Morgan fingerprint density at radius 1 is 1.00 bits per heavy atom. The van der Waals surface area contributed by atoms with Crippen molar-refractivity contribution in [3.05, 3.63) is 85.3 Å². The molecule has 4 heterocycles. The van der Waals surface area contributed by atoms with Crippen LogP contribution in [0.5, 0.6) is 0 Å². The third-order valence-corrected chi connectivity index (χ3v) is 6.29. The first kappa shape index (κ1) is 23.1. The Balaban J connectivity index is 2.11. The second kappa shape index (κ2) is 9.84. The lowest BCUT2D eigenvalue weighted by Gasteiger charge is -2.26. The second-order valence-electron chi connectivity index (χ2n) is 7.20. The molecule has 1 aliphatic rings. The molecule has 0 aromatic carbocycles. The van der Waals surface area contributed by atoms with Gasteiger partial charge >= 0.3 is 11.9 Å². The monoisotopic (exact) mass is 478 g/mol. The highest BCUT2D eigenvalue weighted by molar-refractivity contribution is 7.07. The van der Waals surface area contributed by atoms with Gasteiger partial charge in [-0.25, -0.2) is 9.59 Å². The molecule has 0 saturated carbocycles. The van der Waals surface area contributed by atoms with Crippen molar-refractivity contribution in [3.8, 4) is 0 Å². The highest BCUT2D eigenvalue weighted by Crippen LogP contribution is 2.37. The fraction of sp³-hybridized carbons (Fsp3) is 0.208. The molecule has 0 spiro atoms. The molecule has 0 fully saturated rings. The molecule has 174 valence electrons. The molecule has 1 aliphatic heterocycles. The lowest BCUT2D eigenvalue weighted by molar-refractivity contribution is -0.138. The van der Waals surface area contributed by atoms with Crippen molar-refractivity contribution in [3.63, 3.8) is 0 Å². The highest BCUT2D eigenvalue weighted by atomic mass is 32.1. The lowest BCUT2D eigenvalue weighted by atomic mass is 9.83. The van der Waals surface area contributed by atoms with Crippen molar-refractivity contribution in [2.45, 2.75) is 19.8 Å². The number of carbonyl (C=O) groups excluding carboxylic acids is 2. The third-order valence-electron chi connectivity index (χ3n) is 5.18. The average molecular weight is 479 g/mol. The standard InChI is InChI=1S/C24H22N4O5S/c1-3-32-23(30)18-17(15-7-11-27-12-8-15)19(24(31)33-4-2)22-28(20(18)25)21(29)16(34-22)13-14-5-9-26-10-6-14/h5-13,17H,3-4,25H2,1-2H3/b16-13+/t17-/m0/s1. The van der Waals surface area contributed by atoms with Gasteiger partial charge in [0.2, 0.25) is 0 Å². The molecule has 0 aliphatic carbocycles. The minimum Gasteiger partial charge on any atom is -0.463 e. The van der Waals surface area contributed by atoms with Crippen LogP contribution in [0.3, 0.4) is 0 Å². The van der Waals surface area contributed by atoms with Gasteiger partial charge in [-0.3, -0.25) is 19.3 Å². The summed E-state index contributed by atoms with van der Waals surface area (Å²) in [4.78, 5) is 47.7. The second-order valence-corrected chi connectivity index (χ2v) is 8.23. The first-order valence-corrected chi connectivity index (χ1v) is 11.4. The van der Waals surface area contributed by atoms with E-state index in [2.05, 4.69) is 9.97 Å². The Morgan fingerprint density at radius 3 is 2.15 bits per heavy atom. The molecule has 0 radical (unpaired) electrons. The number of esters is 2. The first-order chi connectivity index (χ1) is 16.5. The van der Waals surface area contributed by atoms with E-state index in [0.717, 1.165) is 16.9 Å². The molecule has 0 unspecified atom stereocenters. The van der Waals surface area contributed by atoms with E-state index in [4.69, 9.17) is 15.2 Å². The first-order valence-electron chi connectivity index (χ1n) is 10.6. The van der Waals surface area contributed by atoms with Crippen molar-refractivity contribution >= 4 is 40.7 Å². The van der Waals surface area contributed by atoms with Gasteiger partial charge in [0.05, 0.1) is 34.8 Å². The maximum atomic E-state index is 13.4. The van der Waals surface area contributed by atoms with Crippen LogP contribution >= 0.6 is 11.3 Å². The van der Waals surface area contributed by atoms with Crippen molar-refractivity contribution in [2.24, 2.45) is 5.73 Å². The zero-order chi connectivity index (χ0) is 24.2. The van der Waals surface area contributed by atoms with E-state index in [0.29, 0.717) is 14.8 Å². The minimum atomic E-state index is -0.895. The average Bonchev–Trinajstić information content (AvgIpc) is 3.16. The number of ether oxygens (including phenoxy) is 2. The van der Waals surface area contributed by atoms with Gasteiger partial charge in [-0.15, -0.1) is 11.3 Å². The van der Waals surface area contributed by atoms with Gasteiger partial charge in [0, 0.05) is 24.8 Å². The number of carbonyl (C=O) groups is 2. The number of rotatable bonds is 6. The van der Waals surface area contributed by atoms with E-state index in [9.17, 15) is 14.4 Å². The van der Waals surface area contributed by atoms with Gasteiger partial charge in [-0.05, 0) is 55.3 Å². The molecule has 2 N–H and O–H groups in total. The Morgan fingerprint density at radius 2 is 1.56 bits per heavy atom. The molecular formula is C24H22N4O5S. The molecular weight excluding hydrogens is 456 g/mol. The van der Waals surface area contributed by atoms with Crippen LogP contribution in [0.4, 0.5) is 0 Å². The van der Waals surface area contributed by atoms with Crippen LogP contribution in [0, 0.1) is 0 Å².